The summed E-state index contributed by atoms with van der Waals surface area (Å²) in [5, 5.41) is 0. The molecule has 0 atom stereocenters. The summed E-state index contributed by atoms with van der Waals surface area (Å²) in [5.74, 6) is 0.149. The Morgan fingerprint density at radius 2 is 1.74 bits per heavy atom. The number of halogens is 2. The Balaban J connectivity index is 2.19. The summed E-state index contributed by atoms with van der Waals surface area (Å²) >= 11 is 6.90. The van der Waals surface area contributed by atoms with Crippen LogP contribution in [0.3, 0.4) is 0 Å². The average Bonchev–Trinajstić information content (AvgIpc) is 2.39. The lowest BCUT2D eigenvalue weighted by molar-refractivity contribution is 0.0648. The molecule has 1 aromatic rings. The zero-order valence-electron chi connectivity index (χ0n) is 11.2. The molecule has 0 saturated heterocycles. The second kappa shape index (κ2) is 6.89. The SMILES string of the molecule is CCN(C(=O)c1cc(Br)cc(Br)c1)C1CCCCC1. The molecular formula is C15H19Br2NO. The maximum absolute atomic E-state index is 12.7. The number of hydrogen-bond donors (Lipinski definition) is 0. The summed E-state index contributed by atoms with van der Waals surface area (Å²) in [5.41, 5.74) is 0.758. The van der Waals surface area contributed by atoms with Crippen molar-refractivity contribution in [2.24, 2.45) is 0 Å². The summed E-state index contributed by atoms with van der Waals surface area (Å²) in [7, 11) is 0. The first-order valence-electron chi connectivity index (χ1n) is 6.89. The number of carbonyl (C=O) groups is 1. The van der Waals surface area contributed by atoms with E-state index >= 15 is 0 Å². The molecule has 0 radical (unpaired) electrons. The van der Waals surface area contributed by atoms with Crippen molar-refractivity contribution in [3.05, 3.63) is 32.7 Å². The van der Waals surface area contributed by atoms with Crippen LogP contribution in [0.1, 0.15) is 49.4 Å². The van der Waals surface area contributed by atoms with Gasteiger partial charge in [-0.3, -0.25) is 4.79 Å². The summed E-state index contributed by atoms with van der Waals surface area (Å²) in [6.07, 6.45) is 6.10. The zero-order valence-corrected chi connectivity index (χ0v) is 14.3. The van der Waals surface area contributed by atoms with Gasteiger partial charge in [-0.1, -0.05) is 51.1 Å². The van der Waals surface area contributed by atoms with Crippen molar-refractivity contribution in [2.75, 3.05) is 6.54 Å². The van der Waals surface area contributed by atoms with Gasteiger partial charge in [0.15, 0.2) is 0 Å². The molecule has 0 aromatic heterocycles. The fourth-order valence-electron chi connectivity index (χ4n) is 2.80. The third-order valence-corrected chi connectivity index (χ3v) is 4.64. The van der Waals surface area contributed by atoms with E-state index in [2.05, 4.69) is 38.8 Å². The van der Waals surface area contributed by atoms with E-state index in [9.17, 15) is 4.79 Å². The normalized spacial score (nSPS) is 16.4. The van der Waals surface area contributed by atoms with Gasteiger partial charge in [0.2, 0.25) is 0 Å². The van der Waals surface area contributed by atoms with Crippen molar-refractivity contribution >= 4 is 37.8 Å². The molecule has 4 heteroatoms. The third-order valence-electron chi connectivity index (χ3n) is 3.73. The van der Waals surface area contributed by atoms with Crippen LogP contribution < -0.4 is 0 Å². The van der Waals surface area contributed by atoms with Crippen molar-refractivity contribution in [1.29, 1.82) is 0 Å². The predicted molar refractivity (Wildman–Crippen MR) is 85.4 cm³/mol. The van der Waals surface area contributed by atoms with Gasteiger partial charge in [0.05, 0.1) is 0 Å². The van der Waals surface area contributed by atoms with Gasteiger partial charge >= 0.3 is 0 Å². The summed E-state index contributed by atoms with van der Waals surface area (Å²) in [4.78, 5) is 14.7. The van der Waals surface area contributed by atoms with Crippen LogP contribution >= 0.6 is 31.9 Å². The predicted octanol–water partition coefficient (Wildman–Crippen LogP) is 5.01. The van der Waals surface area contributed by atoms with Gasteiger partial charge in [-0.2, -0.15) is 0 Å². The molecule has 2 rings (SSSR count). The smallest absolute Gasteiger partial charge is 0.254 e. The van der Waals surface area contributed by atoms with E-state index in [1.165, 1.54) is 19.3 Å². The number of carbonyl (C=O) groups excluding carboxylic acids is 1. The Morgan fingerprint density at radius 3 is 2.26 bits per heavy atom. The Kier molecular flexibility index (Phi) is 5.46. The van der Waals surface area contributed by atoms with E-state index < -0.39 is 0 Å². The minimum absolute atomic E-state index is 0.149. The minimum Gasteiger partial charge on any atom is -0.336 e. The Morgan fingerprint density at radius 1 is 1.16 bits per heavy atom. The second-order valence-corrected chi connectivity index (χ2v) is 6.87. The number of nitrogens with zero attached hydrogens (tertiary/aromatic N) is 1. The molecule has 1 aliphatic carbocycles. The van der Waals surface area contributed by atoms with Gasteiger partial charge in [-0.05, 0) is 38.0 Å². The molecule has 1 aromatic carbocycles. The van der Waals surface area contributed by atoms with Gasteiger partial charge in [-0.25, -0.2) is 0 Å². The maximum Gasteiger partial charge on any atom is 0.254 e. The Bertz CT molecular complexity index is 435. The van der Waals surface area contributed by atoms with Gasteiger partial charge in [-0.15, -0.1) is 0 Å². The first kappa shape index (κ1) is 15.0. The van der Waals surface area contributed by atoms with Crippen molar-refractivity contribution in [3.63, 3.8) is 0 Å². The van der Waals surface area contributed by atoms with Crippen LogP contribution in [-0.2, 0) is 0 Å². The van der Waals surface area contributed by atoms with Crippen LogP contribution in [0.5, 0.6) is 0 Å². The largest absolute Gasteiger partial charge is 0.336 e. The van der Waals surface area contributed by atoms with Crippen LogP contribution in [-0.4, -0.2) is 23.4 Å². The van der Waals surface area contributed by atoms with Crippen molar-refractivity contribution < 1.29 is 4.79 Å². The van der Waals surface area contributed by atoms with E-state index in [0.29, 0.717) is 6.04 Å². The van der Waals surface area contributed by atoms with Gasteiger partial charge in [0, 0.05) is 27.1 Å². The fourth-order valence-corrected chi connectivity index (χ4v) is 4.10. The van der Waals surface area contributed by atoms with Crippen LogP contribution in [0, 0.1) is 0 Å². The van der Waals surface area contributed by atoms with Crippen LogP contribution in [0.15, 0.2) is 27.1 Å². The van der Waals surface area contributed by atoms with Crippen LogP contribution in [0.25, 0.3) is 0 Å². The number of amides is 1. The molecular weight excluding hydrogens is 370 g/mol. The van der Waals surface area contributed by atoms with Crippen molar-refractivity contribution in [2.45, 2.75) is 45.1 Å². The summed E-state index contributed by atoms with van der Waals surface area (Å²) in [6, 6.07) is 6.18. The first-order valence-corrected chi connectivity index (χ1v) is 8.47. The molecule has 0 heterocycles. The standard InChI is InChI=1S/C15H19Br2NO/c1-2-18(14-6-4-3-5-7-14)15(19)11-8-12(16)10-13(17)9-11/h8-10,14H,2-7H2,1H3. The highest BCUT2D eigenvalue weighted by atomic mass is 79.9. The topological polar surface area (TPSA) is 20.3 Å². The van der Waals surface area contributed by atoms with Crippen LogP contribution in [0.4, 0.5) is 0 Å². The molecule has 0 bridgehead atoms. The fraction of sp³-hybridized carbons (Fsp3) is 0.533. The number of benzene rings is 1. The van der Waals surface area contributed by atoms with E-state index in [1.54, 1.807) is 0 Å². The quantitative estimate of drug-likeness (QED) is 0.712. The highest BCUT2D eigenvalue weighted by Crippen LogP contribution is 2.26. The highest BCUT2D eigenvalue weighted by molar-refractivity contribution is 9.11. The van der Waals surface area contributed by atoms with Crippen LogP contribution in [0.2, 0.25) is 0 Å². The molecule has 0 spiro atoms. The molecule has 1 amide bonds. The molecule has 19 heavy (non-hydrogen) atoms. The maximum atomic E-state index is 12.7. The monoisotopic (exact) mass is 387 g/mol. The van der Waals surface area contributed by atoms with Gasteiger partial charge in [0.25, 0.3) is 5.91 Å². The second-order valence-electron chi connectivity index (χ2n) is 5.04. The lowest BCUT2D eigenvalue weighted by atomic mass is 9.93. The highest BCUT2D eigenvalue weighted by Gasteiger charge is 2.25. The summed E-state index contributed by atoms with van der Waals surface area (Å²) in [6.45, 7) is 2.85. The van der Waals surface area contributed by atoms with E-state index in [4.69, 9.17) is 0 Å². The zero-order chi connectivity index (χ0) is 13.8. The lowest BCUT2D eigenvalue weighted by Crippen LogP contribution is -2.41. The molecule has 104 valence electrons. The van der Waals surface area contributed by atoms with E-state index in [1.807, 2.05) is 23.1 Å². The molecule has 1 saturated carbocycles. The van der Waals surface area contributed by atoms with Crippen molar-refractivity contribution in [3.8, 4) is 0 Å². The average molecular weight is 389 g/mol. The molecule has 1 aliphatic rings. The van der Waals surface area contributed by atoms with Gasteiger partial charge < -0.3 is 4.90 Å². The van der Waals surface area contributed by atoms with Gasteiger partial charge in [0.1, 0.15) is 0 Å². The number of rotatable bonds is 3. The third kappa shape index (κ3) is 3.82. The Labute approximate surface area is 131 Å². The minimum atomic E-state index is 0.149. The molecule has 2 nitrogen and oxygen atoms in total. The first-order chi connectivity index (χ1) is 9.11. The number of hydrogen-bond acceptors (Lipinski definition) is 1. The molecule has 1 fully saturated rings. The lowest BCUT2D eigenvalue weighted by Gasteiger charge is -2.33. The molecule has 0 aliphatic heterocycles. The van der Waals surface area contributed by atoms with Crippen molar-refractivity contribution in [1.82, 2.24) is 4.90 Å². The summed E-state index contributed by atoms with van der Waals surface area (Å²) < 4.78 is 1.87. The molecule has 0 unspecified atom stereocenters. The molecule has 0 N–H and O–H groups in total. The van der Waals surface area contributed by atoms with E-state index in [-0.39, 0.29) is 5.91 Å². The Hall–Kier alpha value is -0.350. The van der Waals surface area contributed by atoms with E-state index in [0.717, 1.165) is 33.9 Å².